The van der Waals surface area contributed by atoms with Gasteiger partial charge in [0, 0.05) is 24.7 Å². The van der Waals surface area contributed by atoms with Gasteiger partial charge in [0.15, 0.2) is 6.61 Å². The van der Waals surface area contributed by atoms with Gasteiger partial charge in [-0.2, -0.15) is 0 Å². The molecule has 0 bridgehead atoms. The molecule has 1 unspecified atom stereocenters. The molecule has 1 aliphatic rings. The molecule has 2 rings (SSSR count). The summed E-state index contributed by atoms with van der Waals surface area (Å²) >= 11 is 0. The van der Waals surface area contributed by atoms with Gasteiger partial charge in [0.25, 0.3) is 5.91 Å². The lowest BCUT2D eigenvalue weighted by atomic mass is 10.2. The lowest BCUT2D eigenvalue weighted by Gasteiger charge is -2.13. The van der Waals surface area contributed by atoms with Gasteiger partial charge in [0.05, 0.1) is 0 Å². The van der Waals surface area contributed by atoms with Crippen molar-refractivity contribution < 1.29 is 13.9 Å². The number of rotatable bonds is 8. The average Bonchev–Trinajstić information content (AvgIpc) is 3.26. The molecule has 1 aromatic rings. The van der Waals surface area contributed by atoms with Crippen molar-refractivity contribution in [3.63, 3.8) is 0 Å². The third-order valence-electron chi connectivity index (χ3n) is 3.49. The molecule has 4 nitrogen and oxygen atoms in total. The summed E-state index contributed by atoms with van der Waals surface area (Å²) in [6.07, 6.45) is 3.24. The normalized spacial score (nSPS) is 15.6. The number of hydrogen-bond donors (Lipinski definition) is 2. The predicted molar refractivity (Wildman–Crippen MR) is 79.7 cm³/mol. The van der Waals surface area contributed by atoms with E-state index in [2.05, 4.69) is 10.6 Å². The molecule has 0 radical (unpaired) electrons. The number of carbonyl (C=O) groups excluding carboxylic acids is 1. The maximum Gasteiger partial charge on any atom is 0.258 e. The summed E-state index contributed by atoms with van der Waals surface area (Å²) < 4.78 is 18.9. The smallest absolute Gasteiger partial charge is 0.258 e. The molecule has 0 heterocycles. The van der Waals surface area contributed by atoms with Gasteiger partial charge in [-0.15, -0.1) is 0 Å². The summed E-state index contributed by atoms with van der Waals surface area (Å²) in [6.45, 7) is 4.46. The summed E-state index contributed by atoms with van der Waals surface area (Å²) in [5.74, 6) is -0.143. The van der Waals surface area contributed by atoms with Crippen molar-refractivity contribution in [2.24, 2.45) is 0 Å². The quantitative estimate of drug-likeness (QED) is 0.774. The number of carbonyl (C=O) groups is 1. The number of amides is 1. The molecule has 1 aliphatic carbocycles. The zero-order chi connectivity index (χ0) is 15.2. The monoisotopic (exact) mass is 294 g/mol. The Hall–Kier alpha value is -1.62. The fourth-order valence-electron chi connectivity index (χ4n) is 1.92. The minimum Gasteiger partial charge on any atom is -0.484 e. The van der Waals surface area contributed by atoms with E-state index in [-0.39, 0.29) is 24.4 Å². The maximum atomic E-state index is 13.5. The van der Waals surface area contributed by atoms with E-state index in [1.165, 1.54) is 25.0 Å². The Bertz CT molecular complexity index is 489. The van der Waals surface area contributed by atoms with Crippen LogP contribution in [-0.4, -0.2) is 24.6 Å². The average molecular weight is 294 g/mol. The minimum atomic E-state index is -0.345. The second-order valence-corrected chi connectivity index (χ2v) is 5.62. The van der Waals surface area contributed by atoms with Gasteiger partial charge < -0.3 is 15.4 Å². The Kier molecular flexibility index (Phi) is 5.56. The highest BCUT2D eigenvalue weighted by molar-refractivity contribution is 5.77. The number of halogens is 1. The van der Waals surface area contributed by atoms with Crippen molar-refractivity contribution in [2.45, 2.75) is 51.7 Å². The van der Waals surface area contributed by atoms with Gasteiger partial charge in [-0.05, 0) is 43.9 Å². The number of nitrogens with one attached hydrogen (secondary N) is 2. The Morgan fingerprint density at radius 1 is 1.43 bits per heavy atom. The van der Waals surface area contributed by atoms with Crippen LogP contribution in [-0.2, 0) is 11.3 Å². The van der Waals surface area contributed by atoms with Crippen LogP contribution in [0.15, 0.2) is 18.2 Å². The Morgan fingerprint density at radius 2 is 2.19 bits per heavy atom. The highest BCUT2D eigenvalue weighted by atomic mass is 19.1. The maximum absolute atomic E-state index is 13.5. The van der Waals surface area contributed by atoms with E-state index in [0.717, 1.165) is 12.0 Å². The highest BCUT2D eigenvalue weighted by Crippen LogP contribution is 2.21. The summed E-state index contributed by atoms with van der Waals surface area (Å²) in [4.78, 5) is 11.6. The van der Waals surface area contributed by atoms with E-state index in [9.17, 15) is 9.18 Å². The second kappa shape index (κ2) is 7.41. The molecule has 0 aliphatic heterocycles. The first-order chi connectivity index (χ1) is 10.1. The molecule has 1 fully saturated rings. The van der Waals surface area contributed by atoms with Crippen LogP contribution >= 0.6 is 0 Å². The van der Waals surface area contributed by atoms with Gasteiger partial charge in [-0.25, -0.2) is 4.39 Å². The van der Waals surface area contributed by atoms with E-state index in [4.69, 9.17) is 4.74 Å². The number of hydrogen-bond acceptors (Lipinski definition) is 3. The summed E-state index contributed by atoms with van der Waals surface area (Å²) in [5, 5.41) is 6.13. The molecule has 116 valence electrons. The third-order valence-corrected chi connectivity index (χ3v) is 3.49. The van der Waals surface area contributed by atoms with E-state index in [1.54, 1.807) is 6.07 Å². The molecule has 1 aromatic carbocycles. The molecule has 5 heteroatoms. The largest absolute Gasteiger partial charge is 0.484 e. The summed E-state index contributed by atoms with van der Waals surface area (Å²) in [5.41, 5.74) is 0.833. The molecule has 2 N–H and O–H groups in total. The molecule has 0 saturated heterocycles. The van der Waals surface area contributed by atoms with Crippen LogP contribution in [0.25, 0.3) is 0 Å². The topological polar surface area (TPSA) is 50.4 Å². The van der Waals surface area contributed by atoms with Crippen LogP contribution in [0.1, 0.15) is 38.7 Å². The summed E-state index contributed by atoms with van der Waals surface area (Å²) in [6, 6.07) is 5.25. The van der Waals surface area contributed by atoms with Gasteiger partial charge in [0.2, 0.25) is 0 Å². The van der Waals surface area contributed by atoms with E-state index in [0.29, 0.717) is 18.3 Å². The van der Waals surface area contributed by atoms with Crippen LogP contribution in [0.2, 0.25) is 0 Å². The van der Waals surface area contributed by atoms with Crippen LogP contribution in [0, 0.1) is 5.82 Å². The first kappa shape index (κ1) is 15.8. The van der Waals surface area contributed by atoms with Crippen LogP contribution in [0.4, 0.5) is 4.39 Å². The predicted octanol–water partition coefficient (Wildman–Crippen LogP) is 2.37. The number of ether oxygens (including phenoxy) is 1. The highest BCUT2D eigenvalue weighted by Gasteiger charge is 2.20. The molecule has 21 heavy (non-hydrogen) atoms. The molecule has 1 amide bonds. The Labute approximate surface area is 125 Å². The fraction of sp³-hybridized carbons (Fsp3) is 0.562. The second-order valence-electron chi connectivity index (χ2n) is 5.62. The Morgan fingerprint density at radius 3 is 2.86 bits per heavy atom. The van der Waals surface area contributed by atoms with Crippen LogP contribution in [0.5, 0.6) is 5.75 Å². The van der Waals surface area contributed by atoms with Crippen molar-refractivity contribution in [1.82, 2.24) is 10.6 Å². The molecular weight excluding hydrogens is 271 g/mol. The van der Waals surface area contributed by atoms with Gasteiger partial charge in [-0.3, -0.25) is 4.79 Å². The molecular formula is C16H23FN2O2. The van der Waals surface area contributed by atoms with Crippen LogP contribution < -0.4 is 15.4 Å². The lowest BCUT2D eigenvalue weighted by molar-refractivity contribution is -0.123. The Balaban J connectivity index is 1.85. The van der Waals surface area contributed by atoms with Crippen molar-refractivity contribution in [2.75, 3.05) is 6.61 Å². The minimum absolute atomic E-state index is 0.0940. The molecule has 0 spiro atoms. The number of benzene rings is 1. The van der Waals surface area contributed by atoms with Crippen LogP contribution in [0.3, 0.4) is 0 Å². The van der Waals surface area contributed by atoms with Crippen molar-refractivity contribution in [3.8, 4) is 5.75 Å². The zero-order valence-corrected chi connectivity index (χ0v) is 12.6. The van der Waals surface area contributed by atoms with Crippen molar-refractivity contribution in [1.29, 1.82) is 0 Å². The van der Waals surface area contributed by atoms with E-state index < -0.39 is 0 Å². The molecule has 1 atom stereocenters. The van der Waals surface area contributed by atoms with Gasteiger partial charge in [-0.1, -0.05) is 6.92 Å². The van der Waals surface area contributed by atoms with Crippen molar-refractivity contribution >= 4 is 5.91 Å². The van der Waals surface area contributed by atoms with E-state index in [1.807, 2.05) is 13.8 Å². The summed E-state index contributed by atoms with van der Waals surface area (Å²) in [7, 11) is 0. The van der Waals surface area contributed by atoms with E-state index >= 15 is 0 Å². The third kappa shape index (κ3) is 5.71. The fourth-order valence-corrected chi connectivity index (χ4v) is 1.92. The first-order valence-electron chi connectivity index (χ1n) is 7.52. The first-order valence-corrected chi connectivity index (χ1v) is 7.52. The van der Waals surface area contributed by atoms with Gasteiger partial charge in [0.1, 0.15) is 11.6 Å². The SMILES string of the molecule is CCC(C)NC(=O)COc1cc(F)cc(CNC2CC2)c1. The molecule has 1 saturated carbocycles. The molecule has 0 aromatic heterocycles. The zero-order valence-electron chi connectivity index (χ0n) is 12.6. The van der Waals surface area contributed by atoms with Gasteiger partial charge >= 0.3 is 0 Å². The standard InChI is InChI=1S/C16H23FN2O2/c1-3-11(2)19-16(20)10-21-15-7-12(6-13(17)8-15)9-18-14-4-5-14/h6-8,11,14,18H,3-5,9-10H2,1-2H3,(H,19,20). The lowest BCUT2D eigenvalue weighted by Crippen LogP contribution is -2.35. The van der Waals surface area contributed by atoms with Crippen molar-refractivity contribution in [3.05, 3.63) is 29.6 Å².